The smallest absolute Gasteiger partial charge is 0.122 e. The summed E-state index contributed by atoms with van der Waals surface area (Å²) >= 11 is 3.48. The van der Waals surface area contributed by atoms with Crippen LogP contribution in [0.1, 0.15) is 24.9 Å². The molecule has 0 spiro atoms. The Bertz CT molecular complexity index is 569. The van der Waals surface area contributed by atoms with Gasteiger partial charge < -0.3 is 15.2 Å². The molecule has 0 radical (unpaired) electrons. The summed E-state index contributed by atoms with van der Waals surface area (Å²) in [4.78, 5) is 0. The molecule has 0 aliphatic rings. The highest BCUT2D eigenvalue weighted by Crippen LogP contribution is 2.29. The molecule has 0 heterocycles. The van der Waals surface area contributed by atoms with E-state index >= 15 is 0 Å². The topological polar surface area (TPSA) is 41.5 Å². The van der Waals surface area contributed by atoms with Crippen LogP contribution >= 0.6 is 15.9 Å². The minimum atomic E-state index is 0.189. The minimum Gasteiger partial charge on any atom is -0.508 e. The Morgan fingerprint density at radius 3 is 2.50 bits per heavy atom. The van der Waals surface area contributed by atoms with E-state index < -0.39 is 0 Å². The van der Waals surface area contributed by atoms with Gasteiger partial charge in [-0.2, -0.15) is 0 Å². The molecule has 0 bridgehead atoms. The molecule has 1 atom stereocenters. The molecule has 0 amide bonds. The van der Waals surface area contributed by atoms with Crippen LogP contribution in [0.15, 0.2) is 46.9 Å². The molecule has 0 aromatic heterocycles. The summed E-state index contributed by atoms with van der Waals surface area (Å²) in [5.74, 6) is 1.09. The number of hydrogen-bond acceptors (Lipinski definition) is 3. The van der Waals surface area contributed by atoms with Gasteiger partial charge in [0.05, 0.1) is 13.2 Å². The number of ether oxygens (including phenoxy) is 1. The molecule has 0 saturated heterocycles. The lowest BCUT2D eigenvalue weighted by atomic mass is 10.0. The molecular formula is C16H18BrNO2. The Labute approximate surface area is 127 Å². The number of methoxy groups -OCH3 is 1. The first-order valence-corrected chi connectivity index (χ1v) is 7.31. The third-order valence-corrected chi connectivity index (χ3v) is 3.61. The number of phenolic OH excluding ortho intramolecular Hbond substituents is 1. The Morgan fingerprint density at radius 1 is 1.20 bits per heavy atom. The van der Waals surface area contributed by atoms with E-state index in [0.717, 1.165) is 27.9 Å². The number of halogens is 1. The molecule has 0 aliphatic carbocycles. The van der Waals surface area contributed by atoms with E-state index in [9.17, 15) is 5.11 Å². The van der Waals surface area contributed by atoms with Crippen LogP contribution in [-0.4, -0.2) is 12.2 Å². The van der Waals surface area contributed by atoms with Crippen molar-refractivity contribution < 1.29 is 9.84 Å². The zero-order chi connectivity index (χ0) is 14.5. The molecule has 3 nitrogen and oxygen atoms in total. The van der Waals surface area contributed by atoms with Crippen LogP contribution in [0.3, 0.4) is 0 Å². The Hall–Kier alpha value is -1.68. The monoisotopic (exact) mass is 335 g/mol. The quantitative estimate of drug-likeness (QED) is 0.830. The van der Waals surface area contributed by atoms with Crippen molar-refractivity contribution >= 4 is 21.6 Å². The average molecular weight is 336 g/mol. The number of hydrogen-bond donors (Lipinski definition) is 2. The third kappa shape index (κ3) is 3.67. The van der Waals surface area contributed by atoms with Gasteiger partial charge in [0.2, 0.25) is 0 Å². The van der Waals surface area contributed by atoms with Crippen molar-refractivity contribution in [2.24, 2.45) is 0 Å². The molecule has 1 unspecified atom stereocenters. The van der Waals surface area contributed by atoms with Gasteiger partial charge in [0.15, 0.2) is 0 Å². The normalized spacial score (nSPS) is 11.9. The molecule has 0 saturated carbocycles. The SMILES string of the molecule is CCC(Nc1cc(Br)cc(OC)c1)c1ccc(O)cc1. The Balaban J connectivity index is 2.21. The molecule has 0 aliphatic heterocycles. The largest absolute Gasteiger partial charge is 0.508 e. The van der Waals surface area contributed by atoms with Crippen molar-refractivity contribution in [2.45, 2.75) is 19.4 Å². The first-order chi connectivity index (χ1) is 9.62. The standard InChI is InChI=1S/C16H18BrNO2/c1-3-16(11-4-6-14(19)7-5-11)18-13-8-12(17)9-15(10-13)20-2/h4-10,16,18-19H,3H2,1-2H3. The lowest BCUT2D eigenvalue weighted by Crippen LogP contribution is -2.09. The summed E-state index contributed by atoms with van der Waals surface area (Å²) in [6.07, 6.45) is 0.944. The van der Waals surface area contributed by atoms with Crippen molar-refractivity contribution in [3.8, 4) is 11.5 Å². The van der Waals surface area contributed by atoms with Crippen LogP contribution in [0.5, 0.6) is 11.5 Å². The van der Waals surface area contributed by atoms with E-state index in [2.05, 4.69) is 28.2 Å². The highest BCUT2D eigenvalue weighted by atomic mass is 79.9. The fourth-order valence-electron chi connectivity index (χ4n) is 2.09. The third-order valence-electron chi connectivity index (χ3n) is 3.15. The van der Waals surface area contributed by atoms with Gasteiger partial charge in [0.1, 0.15) is 11.5 Å². The maximum absolute atomic E-state index is 9.36. The molecule has 2 aromatic rings. The number of aromatic hydroxyl groups is 1. The van der Waals surface area contributed by atoms with Crippen LogP contribution in [-0.2, 0) is 0 Å². The molecule has 0 fully saturated rings. The number of anilines is 1. The molecule has 2 aromatic carbocycles. The summed E-state index contributed by atoms with van der Waals surface area (Å²) in [5, 5.41) is 12.9. The average Bonchev–Trinajstić information content (AvgIpc) is 2.45. The molecular weight excluding hydrogens is 318 g/mol. The number of benzene rings is 2. The van der Waals surface area contributed by atoms with Crippen molar-refractivity contribution in [3.63, 3.8) is 0 Å². The second kappa shape index (κ2) is 6.66. The van der Waals surface area contributed by atoms with Gasteiger partial charge in [0, 0.05) is 16.2 Å². The zero-order valence-electron chi connectivity index (χ0n) is 11.6. The van der Waals surface area contributed by atoms with Crippen molar-refractivity contribution in [2.75, 3.05) is 12.4 Å². The Morgan fingerprint density at radius 2 is 1.90 bits per heavy atom. The van der Waals surface area contributed by atoms with E-state index in [1.165, 1.54) is 0 Å². The van der Waals surface area contributed by atoms with E-state index in [1.54, 1.807) is 19.2 Å². The maximum atomic E-state index is 9.36. The van der Waals surface area contributed by atoms with Gasteiger partial charge in [0.25, 0.3) is 0 Å². The van der Waals surface area contributed by atoms with Gasteiger partial charge in [-0.25, -0.2) is 0 Å². The maximum Gasteiger partial charge on any atom is 0.122 e. The van der Waals surface area contributed by atoms with Gasteiger partial charge in [-0.05, 0) is 36.2 Å². The summed E-state index contributed by atoms with van der Waals surface area (Å²) in [6.45, 7) is 2.12. The van der Waals surface area contributed by atoms with E-state index in [1.807, 2.05) is 30.3 Å². The first kappa shape index (κ1) is 14.7. The van der Waals surface area contributed by atoms with Crippen LogP contribution < -0.4 is 10.1 Å². The molecule has 20 heavy (non-hydrogen) atoms. The summed E-state index contributed by atoms with van der Waals surface area (Å²) in [5.41, 5.74) is 2.14. The highest BCUT2D eigenvalue weighted by Gasteiger charge is 2.10. The molecule has 106 valence electrons. The predicted octanol–water partition coefficient (Wildman–Crippen LogP) is 4.73. The second-order valence-electron chi connectivity index (χ2n) is 4.58. The van der Waals surface area contributed by atoms with Crippen molar-refractivity contribution in [1.29, 1.82) is 0 Å². The lowest BCUT2D eigenvalue weighted by molar-refractivity contribution is 0.414. The Kier molecular flexibility index (Phi) is 4.90. The number of nitrogens with one attached hydrogen (secondary N) is 1. The molecule has 2 rings (SSSR count). The van der Waals surface area contributed by atoms with Crippen molar-refractivity contribution in [3.05, 3.63) is 52.5 Å². The van der Waals surface area contributed by atoms with Gasteiger partial charge in [-0.15, -0.1) is 0 Å². The lowest BCUT2D eigenvalue weighted by Gasteiger charge is -2.19. The summed E-state index contributed by atoms with van der Waals surface area (Å²) in [6, 6.07) is 13.4. The van der Waals surface area contributed by atoms with Gasteiger partial charge >= 0.3 is 0 Å². The van der Waals surface area contributed by atoms with Crippen LogP contribution in [0.2, 0.25) is 0 Å². The van der Waals surface area contributed by atoms with Crippen molar-refractivity contribution in [1.82, 2.24) is 0 Å². The summed E-state index contributed by atoms with van der Waals surface area (Å²) < 4.78 is 6.24. The highest BCUT2D eigenvalue weighted by molar-refractivity contribution is 9.10. The fraction of sp³-hybridized carbons (Fsp3) is 0.250. The van der Waals surface area contributed by atoms with Crippen LogP contribution in [0.25, 0.3) is 0 Å². The predicted molar refractivity (Wildman–Crippen MR) is 85.5 cm³/mol. The number of rotatable bonds is 5. The fourth-order valence-corrected chi connectivity index (χ4v) is 2.57. The van der Waals surface area contributed by atoms with Crippen LogP contribution in [0, 0.1) is 0 Å². The van der Waals surface area contributed by atoms with E-state index in [-0.39, 0.29) is 11.8 Å². The molecule has 4 heteroatoms. The van der Waals surface area contributed by atoms with Gasteiger partial charge in [-0.1, -0.05) is 35.0 Å². The van der Waals surface area contributed by atoms with E-state index in [4.69, 9.17) is 4.74 Å². The van der Waals surface area contributed by atoms with E-state index in [0.29, 0.717) is 0 Å². The van der Waals surface area contributed by atoms with Gasteiger partial charge in [-0.3, -0.25) is 0 Å². The second-order valence-corrected chi connectivity index (χ2v) is 5.49. The first-order valence-electron chi connectivity index (χ1n) is 6.52. The zero-order valence-corrected chi connectivity index (χ0v) is 13.1. The molecule has 2 N–H and O–H groups in total. The summed E-state index contributed by atoms with van der Waals surface area (Å²) in [7, 11) is 1.66. The minimum absolute atomic E-state index is 0.189. The number of phenols is 1. The van der Waals surface area contributed by atoms with Crippen LogP contribution in [0.4, 0.5) is 5.69 Å².